The predicted octanol–water partition coefficient (Wildman–Crippen LogP) is 0.815. The molecule has 2 aromatic heterocycles. The standard InChI is InChI=1S/C11H12FN5O/c12-8-2-7(1-6(8)3-18)17-5-16-9-10(13)14-4-15-11(9)17/h2,4-7,18H,1,3H2,(H2,13,14,15)/t6-,7+/m0/s1. The largest absolute Gasteiger partial charge is 0.396 e. The van der Waals surface area contributed by atoms with Crippen LogP contribution in [0.15, 0.2) is 24.6 Å². The molecule has 0 unspecified atom stereocenters. The van der Waals surface area contributed by atoms with E-state index < -0.39 is 5.92 Å². The second-order valence-electron chi connectivity index (χ2n) is 4.32. The van der Waals surface area contributed by atoms with E-state index in [0.717, 1.165) is 0 Å². The number of nitrogen functional groups attached to an aromatic ring is 1. The minimum absolute atomic E-state index is 0.192. The van der Waals surface area contributed by atoms with Crippen molar-refractivity contribution in [3.05, 3.63) is 24.6 Å². The lowest BCUT2D eigenvalue weighted by molar-refractivity contribution is 0.224. The highest BCUT2D eigenvalue weighted by Crippen LogP contribution is 2.35. The minimum Gasteiger partial charge on any atom is -0.396 e. The Balaban J connectivity index is 2.04. The van der Waals surface area contributed by atoms with Gasteiger partial charge in [-0.25, -0.2) is 19.3 Å². The van der Waals surface area contributed by atoms with Crippen LogP contribution in [0.5, 0.6) is 0 Å². The number of hydrogen-bond donors (Lipinski definition) is 2. The SMILES string of the molecule is Nc1ncnc2c1ncn2[C@H]1C=C(F)[C@H](CO)C1. The van der Waals surface area contributed by atoms with Crippen molar-refractivity contribution in [2.24, 2.45) is 5.92 Å². The molecular formula is C11H12FN5O. The molecule has 0 amide bonds. The molecular weight excluding hydrogens is 237 g/mol. The molecule has 2 heterocycles. The first kappa shape index (κ1) is 11.1. The van der Waals surface area contributed by atoms with Gasteiger partial charge < -0.3 is 15.4 Å². The van der Waals surface area contributed by atoms with Crippen molar-refractivity contribution < 1.29 is 9.50 Å². The molecule has 3 N–H and O–H groups in total. The van der Waals surface area contributed by atoms with Gasteiger partial charge in [-0.05, 0) is 12.5 Å². The number of aromatic nitrogens is 4. The van der Waals surface area contributed by atoms with Crippen LogP contribution in [0.1, 0.15) is 12.5 Å². The molecule has 0 saturated heterocycles. The van der Waals surface area contributed by atoms with Gasteiger partial charge in [0.15, 0.2) is 11.5 Å². The smallest absolute Gasteiger partial charge is 0.165 e. The summed E-state index contributed by atoms with van der Waals surface area (Å²) < 4.78 is 15.3. The van der Waals surface area contributed by atoms with Crippen LogP contribution in [0.3, 0.4) is 0 Å². The normalized spacial score (nSPS) is 23.6. The zero-order valence-electron chi connectivity index (χ0n) is 9.49. The molecule has 1 aliphatic rings. The molecule has 0 radical (unpaired) electrons. The van der Waals surface area contributed by atoms with E-state index in [1.807, 2.05) is 0 Å². The van der Waals surface area contributed by atoms with Crippen LogP contribution in [0.4, 0.5) is 10.2 Å². The number of nitrogens with two attached hydrogens (primary N) is 1. The van der Waals surface area contributed by atoms with E-state index in [9.17, 15) is 4.39 Å². The minimum atomic E-state index is -0.438. The number of halogens is 1. The van der Waals surface area contributed by atoms with Crippen LogP contribution in [0.2, 0.25) is 0 Å². The van der Waals surface area contributed by atoms with Crippen LogP contribution in [-0.4, -0.2) is 31.2 Å². The first-order chi connectivity index (χ1) is 8.70. The van der Waals surface area contributed by atoms with Crippen LogP contribution in [0.25, 0.3) is 11.2 Å². The Kier molecular flexibility index (Phi) is 2.48. The number of aliphatic hydroxyl groups excluding tert-OH is 1. The van der Waals surface area contributed by atoms with Gasteiger partial charge in [-0.2, -0.15) is 0 Å². The van der Waals surface area contributed by atoms with Crippen LogP contribution in [0, 0.1) is 5.92 Å². The number of hydrogen-bond acceptors (Lipinski definition) is 5. The number of nitrogens with zero attached hydrogens (tertiary/aromatic N) is 4. The summed E-state index contributed by atoms with van der Waals surface area (Å²) in [6, 6.07) is -0.193. The fraction of sp³-hybridized carbons (Fsp3) is 0.364. The lowest BCUT2D eigenvalue weighted by Crippen LogP contribution is -2.08. The second kappa shape index (κ2) is 4.02. The van der Waals surface area contributed by atoms with E-state index in [1.165, 1.54) is 12.4 Å². The number of rotatable bonds is 2. The molecule has 18 heavy (non-hydrogen) atoms. The summed E-state index contributed by atoms with van der Waals surface area (Å²) in [5.41, 5.74) is 6.78. The van der Waals surface area contributed by atoms with Gasteiger partial charge in [-0.1, -0.05) is 0 Å². The number of anilines is 1. The van der Waals surface area contributed by atoms with E-state index in [-0.39, 0.29) is 18.5 Å². The Morgan fingerprint density at radius 2 is 2.28 bits per heavy atom. The van der Waals surface area contributed by atoms with Gasteiger partial charge in [0.1, 0.15) is 17.7 Å². The Morgan fingerprint density at radius 3 is 3.00 bits per heavy atom. The summed E-state index contributed by atoms with van der Waals surface area (Å²) in [6.45, 7) is -0.192. The van der Waals surface area contributed by atoms with Gasteiger partial charge in [-0.3, -0.25) is 0 Å². The Hall–Kier alpha value is -2.02. The van der Waals surface area contributed by atoms with Gasteiger partial charge in [0.2, 0.25) is 0 Å². The fourth-order valence-electron chi connectivity index (χ4n) is 2.26. The lowest BCUT2D eigenvalue weighted by Gasteiger charge is -2.11. The molecule has 6 nitrogen and oxygen atoms in total. The molecule has 0 aromatic carbocycles. The molecule has 0 spiro atoms. The highest BCUT2D eigenvalue weighted by molar-refractivity contribution is 5.81. The predicted molar refractivity (Wildman–Crippen MR) is 63.2 cm³/mol. The monoisotopic (exact) mass is 249 g/mol. The number of allylic oxidation sites excluding steroid dienone is 1. The van der Waals surface area contributed by atoms with Gasteiger partial charge in [0.25, 0.3) is 0 Å². The van der Waals surface area contributed by atoms with Gasteiger partial charge in [-0.15, -0.1) is 0 Å². The first-order valence-corrected chi connectivity index (χ1v) is 5.61. The molecule has 94 valence electrons. The summed E-state index contributed by atoms with van der Waals surface area (Å²) in [6.07, 6.45) is 4.91. The molecule has 2 atom stereocenters. The average Bonchev–Trinajstić information content (AvgIpc) is 2.93. The van der Waals surface area contributed by atoms with Crippen molar-refractivity contribution in [3.63, 3.8) is 0 Å². The highest BCUT2D eigenvalue weighted by atomic mass is 19.1. The van der Waals surface area contributed by atoms with Crippen molar-refractivity contribution in [1.82, 2.24) is 19.5 Å². The third-order valence-corrected chi connectivity index (χ3v) is 3.23. The summed E-state index contributed by atoms with van der Waals surface area (Å²) in [4.78, 5) is 12.1. The van der Waals surface area contributed by atoms with Gasteiger partial charge in [0, 0.05) is 5.92 Å². The zero-order valence-corrected chi connectivity index (χ0v) is 9.49. The van der Waals surface area contributed by atoms with E-state index >= 15 is 0 Å². The molecule has 0 bridgehead atoms. The fourth-order valence-corrected chi connectivity index (χ4v) is 2.26. The van der Waals surface area contributed by atoms with Crippen molar-refractivity contribution >= 4 is 17.0 Å². The molecule has 3 rings (SSSR count). The van der Waals surface area contributed by atoms with E-state index in [2.05, 4.69) is 15.0 Å². The maximum atomic E-state index is 13.5. The number of imidazole rings is 1. The highest BCUT2D eigenvalue weighted by Gasteiger charge is 2.28. The van der Waals surface area contributed by atoms with Crippen molar-refractivity contribution in [2.75, 3.05) is 12.3 Å². The Bertz CT molecular complexity index is 623. The Morgan fingerprint density at radius 1 is 1.44 bits per heavy atom. The van der Waals surface area contributed by atoms with Gasteiger partial charge >= 0.3 is 0 Å². The topological polar surface area (TPSA) is 89.9 Å². The van der Waals surface area contributed by atoms with Crippen molar-refractivity contribution in [3.8, 4) is 0 Å². The van der Waals surface area contributed by atoms with E-state index in [4.69, 9.17) is 10.8 Å². The lowest BCUT2D eigenvalue weighted by atomic mass is 10.1. The first-order valence-electron chi connectivity index (χ1n) is 5.61. The van der Waals surface area contributed by atoms with Gasteiger partial charge in [0.05, 0.1) is 19.0 Å². The van der Waals surface area contributed by atoms with Crippen LogP contribution >= 0.6 is 0 Å². The van der Waals surface area contributed by atoms with E-state index in [0.29, 0.717) is 23.4 Å². The number of fused-ring (bicyclic) bond motifs is 1. The van der Waals surface area contributed by atoms with Crippen molar-refractivity contribution in [1.29, 1.82) is 0 Å². The molecule has 0 saturated carbocycles. The third kappa shape index (κ3) is 1.55. The molecule has 2 aromatic rings. The second-order valence-corrected chi connectivity index (χ2v) is 4.32. The maximum absolute atomic E-state index is 13.5. The molecule has 0 fully saturated rings. The molecule has 0 aliphatic heterocycles. The Labute approximate surface area is 102 Å². The maximum Gasteiger partial charge on any atom is 0.165 e. The summed E-state index contributed by atoms with van der Waals surface area (Å²) in [7, 11) is 0. The van der Waals surface area contributed by atoms with Crippen molar-refractivity contribution in [2.45, 2.75) is 12.5 Å². The summed E-state index contributed by atoms with van der Waals surface area (Å²) in [5.74, 6) is -0.419. The quantitative estimate of drug-likeness (QED) is 0.822. The summed E-state index contributed by atoms with van der Waals surface area (Å²) >= 11 is 0. The molecule has 1 aliphatic carbocycles. The van der Waals surface area contributed by atoms with E-state index in [1.54, 1.807) is 10.9 Å². The van der Waals surface area contributed by atoms with Crippen LogP contribution < -0.4 is 5.73 Å². The zero-order chi connectivity index (χ0) is 12.7. The average molecular weight is 249 g/mol. The molecule has 7 heteroatoms. The third-order valence-electron chi connectivity index (χ3n) is 3.23. The summed E-state index contributed by atoms with van der Waals surface area (Å²) in [5, 5.41) is 9.06. The van der Waals surface area contributed by atoms with Crippen LogP contribution in [-0.2, 0) is 0 Å². The number of aliphatic hydroxyl groups is 1.